The van der Waals surface area contributed by atoms with E-state index in [0.717, 1.165) is 15.7 Å². The monoisotopic (exact) mass is 674 g/mol. The van der Waals surface area contributed by atoms with Crippen LogP contribution in [0.3, 0.4) is 0 Å². The van der Waals surface area contributed by atoms with Crippen LogP contribution in [0.25, 0.3) is 22.8 Å². The van der Waals surface area contributed by atoms with E-state index in [1.54, 1.807) is 24.3 Å². The second-order valence-electron chi connectivity index (χ2n) is 6.92. The fourth-order valence-corrected chi connectivity index (χ4v) is 4.69. The first kappa shape index (κ1) is 31.9. The summed E-state index contributed by atoms with van der Waals surface area (Å²) in [5.74, 6) is -0.286. The quantitative estimate of drug-likeness (QED) is 0.0481. The Morgan fingerprint density at radius 1 is 0.865 bits per heavy atom. The molecule has 0 spiro atoms. The van der Waals surface area contributed by atoms with Gasteiger partial charge in [0.05, 0.1) is 25.4 Å². The number of benzene rings is 3. The average Bonchev–Trinajstić information content (AvgIpc) is 3.23. The summed E-state index contributed by atoms with van der Waals surface area (Å²) in [7, 11) is -10.3. The molecule has 0 unspecified atom stereocenters. The largest absolute Gasteiger partial charge is 1.00 e. The number of aromatic nitrogens is 4. The molecule has 0 N–H and O–H groups in total. The van der Waals surface area contributed by atoms with Gasteiger partial charge < -0.3 is 9.11 Å². The smallest absolute Gasteiger partial charge is 0.744 e. The van der Waals surface area contributed by atoms with Crippen molar-refractivity contribution in [3.63, 3.8) is 0 Å². The summed E-state index contributed by atoms with van der Waals surface area (Å²) in [5, 5.41) is 19.5. The maximum atomic E-state index is 11.9. The summed E-state index contributed by atoms with van der Waals surface area (Å²) in [5.41, 5.74) is 0.252. The molecule has 0 atom stereocenters. The predicted molar refractivity (Wildman–Crippen MR) is 124 cm³/mol. The Bertz CT molecular complexity index is 1680. The number of hydrogen-bond acceptors (Lipinski definition) is 10. The van der Waals surface area contributed by atoms with Gasteiger partial charge in [-0.2, -0.15) is 0 Å². The van der Waals surface area contributed by atoms with Crippen LogP contribution in [0.15, 0.2) is 76.5 Å². The van der Waals surface area contributed by atoms with Gasteiger partial charge in [0.15, 0.2) is 5.69 Å². The average molecular weight is 674 g/mol. The minimum atomic E-state index is -5.25. The van der Waals surface area contributed by atoms with Crippen molar-refractivity contribution in [2.45, 2.75) is 9.79 Å². The third-order valence-corrected chi connectivity index (χ3v) is 7.09. The first-order chi connectivity index (χ1) is 16.3. The van der Waals surface area contributed by atoms with E-state index in [1.165, 1.54) is 33.9 Å². The van der Waals surface area contributed by atoms with Gasteiger partial charge >= 0.3 is 64.9 Å². The Labute approximate surface area is 268 Å². The molecule has 0 saturated carbocycles. The van der Waals surface area contributed by atoms with Crippen LogP contribution in [0.5, 0.6) is 0 Å². The number of non-ortho nitro benzene ring substituents is 1. The Morgan fingerprint density at radius 2 is 1.46 bits per heavy atom. The van der Waals surface area contributed by atoms with Gasteiger partial charge in [-0.1, -0.05) is 0 Å². The zero-order chi connectivity index (χ0) is 25.5. The van der Waals surface area contributed by atoms with Crippen LogP contribution in [0.1, 0.15) is 0 Å². The van der Waals surface area contributed by atoms with E-state index in [1.807, 2.05) is 0 Å². The van der Waals surface area contributed by atoms with E-state index in [2.05, 4.69) is 32.8 Å². The van der Waals surface area contributed by atoms with Crippen LogP contribution >= 0.6 is 22.6 Å². The van der Waals surface area contributed by atoms with E-state index >= 15 is 0 Å². The minimum absolute atomic E-state index is 0. The number of halogens is 1. The summed E-state index contributed by atoms with van der Waals surface area (Å²) in [6, 6.07) is 14.4. The number of rotatable bonds is 6. The van der Waals surface area contributed by atoms with E-state index in [0.29, 0.717) is 17.4 Å². The Morgan fingerprint density at radius 3 is 1.97 bits per heavy atom. The molecule has 0 bridgehead atoms. The molecule has 0 aliphatic rings. The zero-order valence-electron chi connectivity index (χ0n) is 19.0. The number of nitrogens with zero attached hydrogens (tertiary/aromatic N) is 5. The molecule has 0 aliphatic heterocycles. The number of nitro groups is 1. The molecule has 18 heteroatoms. The van der Waals surface area contributed by atoms with Crippen molar-refractivity contribution < 1.29 is 94.8 Å². The van der Waals surface area contributed by atoms with Crippen LogP contribution < -0.4 is 63.9 Å². The van der Waals surface area contributed by atoms with Gasteiger partial charge in [0.1, 0.15) is 25.9 Å². The second-order valence-corrected chi connectivity index (χ2v) is 10.9. The van der Waals surface area contributed by atoms with Crippen molar-refractivity contribution in [2.24, 2.45) is 0 Å². The Hall–Kier alpha value is -1.32. The molecule has 4 rings (SSSR count). The first-order valence-corrected chi connectivity index (χ1v) is 13.2. The summed E-state index contributed by atoms with van der Waals surface area (Å²) in [4.78, 5) is 11.0. The fraction of sp³-hybridized carbons (Fsp3) is 0. The standard InChI is InChI=1S/C19H12IN5O8S2.2Na/c20-12-1-3-13(4-2-12)23-21-19(22-24(23)14-5-7-15(8-6-14)25(26)27)17-10-9-16(34(28,29)30)11-18(17)35(31,32)33;;/h1-11H,(H-,28,29,30,31,32,33);;/q;2*+1/p-1. The molecule has 0 aliphatic carbocycles. The van der Waals surface area contributed by atoms with Gasteiger partial charge in [-0.05, 0) is 87.1 Å². The molecular weight excluding hydrogens is 663 g/mol. The topological polar surface area (TPSA) is 192 Å². The normalized spacial score (nSPS) is 11.3. The third kappa shape index (κ3) is 7.21. The third-order valence-electron chi connectivity index (χ3n) is 4.66. The van der Waals surface area contributed by atoms with Crippen molar-refractivity contribution in [2.75, 3.05) is 0 Å². The summed E-state index contributed by atoms with van der Waals surface area (Å²) >= 11 is 2.09. The van der Waals surface area contributed by atoms with Crippen LogP contribution in [-0.4, -0.2) is 45.9 Å². The first-order valence-electron chi connectivity index (χ1n) is 9.31. The molecule has 4 aromatic rings. The summed E-state index contributed by atoms with van der Waals surface area (Å²) < 4.78 is 70.6. The van der Waals surface area contributed by atoms with Crippen molar-refractivity contribution in [1.29, 1.82) is 0 Å². The summed E-state index contributed by atoms with van der Waals surface area (Å²) in [6.45, 7) is 0. The molecular formula is C19H11IN5Na2O8S2+. The van der Waals surface area contributed by atoms with Gasteiger partial charge in [-0.25, -0.2) is 16.8 Å². The SMILES string of the molecule is O=[N+]([O-])c1ccc(-[n+]2nc(-c3ccc(S(=O)(=O)[O-])cc3S(=O)(=O)[O-])nn2-c2ccc(I)cc2)cc1.[Na+].[Na+]. The number of tetrazole rings is 1. The van der Waals surface area contributed by atoms with Gasteiger partial charge in [0, 0.05) is 20.5 Å². The molecule has 1 aromatic heterocycles. The van der Waals surface area contributed by atoms with Gasteiger partial charge in [-0.3, -0.25) is 10.1 Å². The van der Waals surface area contributed by atoms with Crippen LogP contribution in [0.4, 0.5) is 5.69 Å². The molecule has 1 heterocycles. The second kappa shape index (κ2) is 12.2. The predicted octanol–water partition coefficient (Wildman–Crippen LogP) is -4.46. The maximum Gasteiger partial charge on any atom is 1.00 e. The number of nitro benzene ring substituents is 1. The van der Waals surface area contributed by atoms with E-state index < -0.39 is 35.0 Å². The van der Waals surface area contributed by atoms with Crippen molar-refractivity contribution in [3.05, 3.63) is 80.4 Å². The molecule has 3 aromatic carbocycles. The van der Waals surface area contributed by atoms with Crippen LogP contribution in [0, 0.1) is 13.7 Å². The fourth-order valence-electron chi connectivity index (χ4n) is 3.06. The van der Waals surface area contributed by atoms with E-state index in [4.69, 9.17) is 0 Å². The van der Waals surface area contributed by atoms with Crippen molar-refractivity contribution >= 4 is 48.5 Å². The van der Waals surface area contributed by atoms with Gasteiger partial charge in [-0.15, -0.1) is 0 Å². The molecule has 13 nitrogen and oxygen atoms in total. The number of hydrogen-bond donors (Lipinski definition) is 0. The van der Waals surface area contributed by atoms with Gasteiger partial charge in [0.25, 0.3) is 5.69 Å². The van der Waals surface area contributed by atoms with Crippen molar-refractivity contribution in [3.8, 4) is 22.8 Å². The van der Waals surface area contributed by atoms with E-state index in [-0.39, 0.29) is 76.2 Å². The summed E-state index contributed by atoms with van der Waals surface area (Å²) in [6.07, 6.45) is 0. The molecule has 0 radical (unpaired) electrons. The molecule has 0 amide bonds. The van der Waals surface area contributed by atoms with Crippen LogP contribution in [-0.2, 0) is 20.2 Å². The molecule has 0 saturated heterocycles. The minimum Gasteiger partial charge on any atom is -0.744 e. The molecule has 37 heavy (non-hydrogen) atoms. The maximum absolute atomic E-state index is 11.9. The molecule has 180 valence electrons. The Kier molecular flexibility index (Phi) is 10.6. The van der Waals surface area contributed by atoms with Crippen molar-refractivity contribution in [1.82, 2.24) is 15.0 Å². The van der Waals surface area contributed by atoms with Gasteiger partial charge in [0.2, 0.25) is 0 Å². The van der Waals surface area contributed by atoms with Crippen LogP contribution in [0.2, 0.25) is 0 Å². The Balaban J connectivity index is 0.00000241. The zero-order valence-corrected chi connectivity index (χ0v) is 26.8. The molecule has 0 fully saturated rings. The van der Waals surface area contributed by atoms with E-state index in [9.17, 15) is 36.1 Å².